The Morgan fingerprint density at radius 1 is 1.38 bits per heavy atom. The molecule has 92 valence electrons. The molecule has 6 heteroatoms. The van der Waals surface area contributed by atoms with E-state index in [4.69, 9.17) is 10.2 Å². The van der Waals surface area contributed by atoms with Crippen LogP contribution >= 0.6 is 11.8 Å². The number of carboxylic acids is 1. The summed E-state index contributed by atoms with van der Waals surface area (Å²) in [6.45, 7) is -0.213. The van der Waals surface area contributed by atoms with E-state index in [-0.39, 0.29) is 12.5 Å². The highest BCUT2D eigenvalue weighted by Crippen LogP contribution is 2.24. The molecule has 0 aromatic heterocycles. The molecule has 0 bridgehead atoms. The first kappa shape index (κ1) is 13.3. The van der Waals surface area contributed by atoms with E-state index in [1.165, 1.54) is 0 Å². The number of hydrogen-bond donors (Lipinski definition) is 3. The number of aliphatic hydroxyl groups excluding tert-OH is 1. The highest BCUT2D eigenvalue weighted by molar-refractivity contribution is 7.99. The monoisotopic (exact) mass is 247 g/mol. The van der Waals surface area contributed by atoms with Crippen molar-refractivity contribution in [3.63, 3.8) is 0 Å². The molecular formula is C10H17NO4S. The third-order valence-electron chi connectivity index (χ3n) is 2.59. The van der Waals surface area contributed by atoms with Gasteiger partial charge >= 0.3 is 5.97 Å². The van der Waals surface area contributed by atoms with Gasteiger partial charge in [0.15, 0.2) is 6.10 Å². The van der Waals surface area contributed by atoms with Crippen molar-refractivity contribution in [1.29, 1.82) is 0 Å². The van der Waals surface area contributed by atoms with Gasteiger partial charge < -0.3 is 15.5 Å². The van der Waals surface area contributed by atoms with E-state index < -0.39 is 12.1 Å². The highest BCUT2D eigenvalue weighted by atomic mass is 32.2. The average molecular weight is 247 g/mol. The van der Waals surface area contributed by atoms with Crippen LogP contribution in [0.1, 0.15) is 19.3 Å². The van der Waals surface area contributed by atoms with Gasteiger partial charge in [-0.05, 0) is 30.3 Å². The van der Waals surface area contributed by atoms with E-state index in [9.17, 15) is 9.59 Å². The molecule has 5 nitrogen and oxygen atoms in total. The molecule has 0 aromatic carbocycles. The van der Waals surface area contributed by atoms with E-state index in [1.54, 1.807) is 0 Å². The van der Waals surface area contributed by atoms with E-state index in [0.717, 1.165) is 24.3 Å². The summed E-state index contributed by atoms with van der Waals surface area (Å²) in [5, 5.41) is 19.8. The van der Waals surface area contributed by atoms with Crippen LogP contribution in [0.2, 0.25) is 0 Å². The minimum Gasteiger partial charge on any atom is -0.479 e. The van der Waals surface area contributed by atoms with Crippen molar-refractivity contribution in [3.05, 3.63) is 0 Å². The summed E-state index contributed by atoms with van der Waals surface area (Å²) in [5.74, 6) is 1.11. The molecule has 3 N–H and O–H groups in total. The summed E-state index contributed by atoms with van der Waals surface area (Å²) in [5.41, 5.74) is 0. The number of carboxylic acid groups (broad SMARTS) is 1. The molecule has 1 aliphatic heterocycles. The van der Waals surface area contributed by atoms with Crippen molar-refractivity contribution in [1.82, 2.24) is 5.32 Å². The SMILES string of the molecule is O=C(CC1CCSCC1)NCC(O)C(=O)O. The normalized spacial score (nSPS) is 19.1. The summed E-state index contributed by atoms with van der Waals surface area (Å²) >= 11 is 1.90. The summed E-state index contributed by atoms with van der Waals surface area (Å²) in [6, 6.07) is 0. The lowest BCUT2D eigenvalue weighted by Crippen LogP contribution is -2.37. The molecule has 16 heavy (non-hydrogen) atoms. The number of aliphatic hydroxyl groups is 1. The summed E-state index contributed by atoms with van der Waals surface area (Å²) in [4.78, 5) is 21.7. The molecule has 0 aliphatic carbocycles. The molecule has 1 unspecified atom stereocenters. The molecule has 0 aromatic rings. The Morgan fingerprint density at radius 2 is 2.00 bits per heavy atom. The molecule has 1 fully saturated rings. The Morgan fingerprint density at radius 3 is 2.56 bits per heavy atom. The minimum absolute atomic E-state index is 0.169. The highest BCUT2D eigenvalue weighted by Gasteiger charge is 2.19. The number of aliphatic carboxylic acids is 1. The Labute approximate surface area is 98.6 Å². The Balaban J connectivity index is 2.17. The summed E-state index contributed by atoms with van der Waals surface area (Å²) in [6.07, 6.45) is 1.01. The van der Waals surface area contributed by atoms with Crippen LogP contribution in [0.3, 0.4) is 0 Å². The third-order valence-corrected chi connectivity index (χ3v) is 3.64. The lowest BCUT2D eigenvalue weighted by molar-refractivity contribution is -0.146. The zero-order valence-electron chi connectivity index (χ0n) is 9.02. The van der Waals surface area contributed by atoms with Gasteiger partial charge in [-0.1, -0.05) is 0 Å². The second kappa shape index (κ2) is 6.75. The predicted octanol–water partition coefficient (Wildman–Crippen LogP) is 0.0814. The van der Waals surface area contributed by atoms with Crippen molar-refractivity contribution in [3.8, 4) is 0 Å². The first-order chi connectivity index (χ1) is 7.59. The number of rotatable bonds is 5. The number of carbonyl (C=O) groups excluding carboxylic acids is 1. The number of nitrogens with one attached hydrogen (secondary N) is 1. The van der Waals surface area contributed by atoms with Gasteiger partial charge in [-0.25, -0.2) is 4.79 Å². The van der Waals surface area contributed by atoms with Crippen LogP contribution in [0.25, 0.3) is 0 Å². The lowest BCUT2D eigenvalue weighted by Gasteiger charge is -2.20. The van der Waals surface area contributed by atoms with E-state index >= 15 is 0 Å². The van der Waals surface area contributed by atoms with Crippen LogP contribution in [0.5, 0.6) is 0 Å². The van der Waals surface area contributed by atoms with Gasteiger partial charge in [0.05, 0.1) is 6.54 Å². The maximum Gasteiger partial charge on any atom is 0.334 e. The maximum atomic E-state index is 11.4. The van der Waals surface area contributed by atoms with Crippen molar-refractivity contribution in [2.24, 2.45) is 5.92 Å². The van der Waals surface area contributed by atoms with E-state index in [2.05, 4.69) is 5.32 Å². The Hall–Kier alpha value is -0.750. The van der Waals surface area contributed by atoms with E-state index in [1.807, 2.05) is 11.8 Å². The van der Waals surface area contributed by atoms with Gasteiger partial charge in [0.25, 0.3) is 0 Å². The van der Waals surface area contributed by atoms with Gasteiger partial charge in [0, 0.05) is 6.42 Å². The average Bonchev–Trinajstić information content (AvgIpc) is 2.27. The standard InChI is InChI=1S/C10H17NO4S/c12-8(10(14)15)6-11-9(13)5-7-1-3-16-4-2-7/h7-8,12H,1-6H2,(H,11,13)(H,14,15). The number of carbonyl (C=O) groups is 2. The first-order valence-electron chi connectivity index (χ1n) is 5.35. The summed E-state index contributed by atoms with van der Waals surface area (Å²) in [7, 11) is 0. The predicted molar refractivity (Wildman–Crippen MR) is 61.3 cm³/mol. The van der Waals surface area contributed by atoms with Gasteiger partial charge in [-0.3, -0.25) is 4.79 Å². The molecule has 1 saturated heterocycles. The van der Waals surface area contributed by atoms with Gasteiger partial charge in [-0.2, -0.15) is 11.8 Å². The number of hydrogen-bond acceptors (Lipinski definition) is 4. The molecule has 1 amide bonds. The molecule has 1 atom stereocenters. The fraction of sp³-hybridized carbons (Fsp3) is 0.800. The number of amides is 1. The topological polar surface area (TPSA) is 86.6 Å². The zero-order valence-corrected chi connectivity index (χ0v) is 9.83. The van der Waals surface area contributed by atoms with Crippen LogP contribution in [0, 0.1) is 5.92 Å². The minimum atomic E-state index is -1.51. The Bertz CT molecular complexity index is 253. The van der Waals surface area contributed by atoms with Gasteiger partial charge in [0.2, 0.25) is 5.91 Å². The van der Waals surface area contributed by atoms with Gasteiger partial charge in [-0.15, -0.1) is 0 Å². The van der Waals surface area contributed by atoms with Crippen molar-refractivity contribution >= 4 is 23.6 Å². The molecule has 1 heterocycles. The van der Waals surface area contributed by atoms with Crippen LogP contribution in [-0.4, -0.2) is 46.2 Å². The van der Waals surface area contributed by atoms with E-state index in [0.29, 0.717) is 12.3 Å². The molecule has 1 aliphatic rings. The largest absolute Gasteiger partial charge is 0.479 e. The second-order valence-corrected chi connectivity index (χ2v) is 5.14. The van der Waals surface area contributed by atoms with Crippen molar-refractivity contribution < 1.29 is 19.8 Å². The third kappa shape index (κ3) is 4.85. The van der Waals surface area contributed by atoms with Crippen LogP contribution < -0.4 is 5.32 Å². The smallest absolute Gasteiger partial charge is 0.334 e. The fourth-order valence-electron chi connectivity index (χ4n) is 1.58. The number of thioether (sulfide) groups is 1. The van der Waals surface area contributed by atoms with Crippen LogP contribution in [-0.2, 0) is 9.59 Å². The van der Waals surface area contributed by atoms with Gasteiger partial charge in [0.1, 0.15) is 0 Å². The fourth-order valence-corrected chi connectivity index (χ4v) is 2.79. The van der Waals surface area contributed by atoms with Crippen LogP contribution in [0.15, 0.2) is 0 Å². The summed E-state index contributed by atoms with van der Waals surface area (Å²) < 4.78 is 0. The van der Waals surface area contributed by atoms with Crippen molar-refractivity contribution in [2.75, 3.05) is 18.1 Å². The second-order valence-electron chi connectivity index (χ2n) is 3.92. The molecule has 0 spiro atoms. The molecular weight excluding hydrogens is 230 g/mol. The molecule has 0 saturated carbocycles. The molecule has 1 rings (SSSR count). The lowest BCUT2D eigenvalue weighted by atomic mass is 9.98. The Kier molecular flexibility index (Phi) is 5.62. The molecule has 0 radical (unpaired) electrons. The van der Waals surface area contributed by atoms with Crippen LogP contribution in [0.4, 0.5) is 0 Å². The maximum absolute atomic E-state index is 11.4. The zero-order chi connectivity index (χ0) is 12.0. The quantitative estimate of drug-likeness (QED) is 0.640. The van der Waals surface area contributed by atoms with Crippen molar-refractivity contribution in [2.45, 2.75) is 25.4 Å². The first-order valence-corrected chi connectivity index (χ1v) is 6.50.